The first-order chi connectivity index (χ1) is 15.9. The van der Waals surface area contributed by atoms with Gasteiger partial charge in [-0.15, -0.1) is 11.8 Å². The van der Waals surface area contributed by atoms with Gasteiger partial charge in [-0.2, -0.15) is 0 Å². The van der Waals surface area contributed by atoms with E-state index in [-0.39, 0.29) is 17.6 Å². The average molecular weight is 505 g/mol. The third kappa shape index (κ3) is 6.73. The summed E-state index contributed by atoms with van der Waals surface area (Å²) in [5, 5.41) is 4.13. The number of carbonyl (C=O) groups is 1. The van der Waals surface area contributed by atoms with Crippen molar-refractivity contribution in [2.75, 3.05) is 32.3 Å². The van der Waals surface area contributed by atoms with Gasteiger partial charge in [0.15, 0.2) is 11.5 Å². The quantitative estimate of drug-likeness (QED) is 0.270. The number of nitrogens with two attached hydrogens (primary N) is 1. The van der Waals surface area contributed by atoms with Crippen molar-refractivity contribution in [3.05, 3.63) is 87.4 Å². The zero-order valence-electron chi connectivity index (χ0n) is 18.4. The summed E-state index contributed by atoms with van der Waals surface area (Å²) in [6.07, 6.45) is 0.250. The number of rotatable bonds is 10. The molecule has 1 atom stereocenters. The van der Waals surface area contributed by atoms with Crippen molar-refractivity contribution in [1.82, 2.24) is 5.32 Å². The molecular formula is C25H26Cl2N2O3S. The number of methoxy groups -OCH3 is 2. The molecule has 0 aliphatic rings. The number of amides is 1. The largest absolute Gasteiger partial charge is 0.493 e. The van der Waals surface area contributed by atoms with E-state index in [0.717, 1.165) is 16.7 Å². The topological polar surface area (TPSA) is 73.6 Å². The van der Waals surface area contributed by atoms with Gasteiger partial charge in [-0.25, -0.2) is 0 Å². The number of nitrogen functional groups attached to an aromatic ring is 1. The maximum absolute atomic E-state index is 12.5. The zero-order chi connectivity index (χ0) is 23.8. The Morgan fingerprint density at radius 2 is 1.76 bits per heavy atom. The molecule has 3 aromatic carbocycles. The van der Waals surface area contributed by atoms with Crippen molar-refractivity contribution in [3.63, 3.8) is 0 Å². The molecule has 174 valence electrons. The fourth-order valence-electron chi connectivity index (χ4n) is 3.41. The van der Waals surface area contributed by atoms with Gasteiger partial charge in [0.05, 0.1) is 25.9 Å². The number of anilines is 1. The molecule has 0 aromatic heterocycles. The summed E-state index contributed by atoms with van der Waals surface area (Å²) < 4.78 is 10.5. The van der Waals surface area contributed by atoms with Crippen LogP contribution in [-0.2, 0) is 11.2 Å². The standard InChI is InChI=1S/C25H26Cl2N2O3S/c1-31-22-10-7-16(13-23(22)32-2)14-24(30)29-11-12-33-25(18-5-3-4-6-20(18)27)19-15-17(26)8-9-21(19)28/h3-10,13,15,25H,11-12,14,28H2,1-2H3,(H,29,30). The Hall–Kier alpha value is -2.54. The number of hydrogen-bond donors (Lipinski definition) is 2. The lowest BCUT2D eigenvalue weighted by atomic mass is 10.0. The lowest BCUT2D eigenvalue weighted by molar-refractivity contribution is -0.120. The Morgan fingerprint density at radius 1 is 1.00 bits per heavy atom. The van der Waals surface area contributed by atoms with E-state index in [1.165, 1.54) is 0 Å². The molecule has 3 aromatic rings. The van der Waals surface area contributed by atoms with Gasteiger partial charge < -0.3 is 20.5 Å². The van der Waals surface area contributed by atoms with Crippen molar-refractivity contribution in [3.8, 4) is 11.5 Å². The second kappa shape index (κ2) is 12.1. The van der Waals surface area contributed by atoms with Crippen LogP contribution in [0.2, 0.25) is 10.0 Å². The van der Waals surface area contributed by atoms with Gasteiger partial charge in [-0.05, 0) is 53.1 Å². The maximum atomic E-state index is 12.5. The molecule has 5 nitrogen and oxygen atoms in total. The minimum absolute atomic E-state index is 0.0700. The number of hydrogen-bond acceptors (Lipinski definition) is 5. The fourth-order valence-corrected chi connectivity index (χ4v) is 5.13. The lowest BCUT2D eigenvalue weighted by Crippen LogP contribution is -2.27. The van der Waals surface area contributed by atoms with E-state index >= 15 is 0 Å². The highest BCUT2D eigenvalue weighted by molar-refractivity contribution is 7.99. The highest BCUT2D eigenvalue weighted by atomic mass is 35.5. The lowest BCUT2D eigenvalue weighted by Gasteiger charge is -2.21. The second-order valence-corrected chi connectivity index (χ2v) is 9.32. The molecule has 0 bridgehead atoms. The molecule has 8 heteroatoms. The summed E-state index contributed by atoms with van der Waals surface area (Å²) in [4.78, 5) is 12.5. The summed E-state index contributed by atoms with van der Waals surface area (Å²) in [5.74, 6) is 1.82. The van der Waals surface area contributed by atoms with Crippen LogP contribution in [-0.4, -0.2) is 32.4 Å². The van der Waals surface area contributed by atoms with E-state index in [2.05, 4.69) is 5.32 Å². The smallest absolute Gasteiger partial charge is 0.224 e. The first-order valence-corrected chi connectivity index (χ1v) is 12.1. The van der Waals surface area contributed by atoms with E-state index in [1.54, 1.807) is 44.2 Å². The molecule has 0 radical (unpaired) electrons. The number of thioether (sulfide) groups is 1. The van der Waals surface area contributed by atoms with Crippen LogP contribution in [0.5, 0.6) is 11.5 Å². The normalized spacial score (nSPS) is 11.6. The van der Waals surface area contributed by atoms with E-state index < -0.39 is 0 Å². The predicted octanol–water partition coefficient (Wildman–Crippen LogP) is 5.77. The Bertz CT molecular complexity index is 1110. The van der Waals surface area contributed by atoms with Crippen LogP contribution >= 0.6 is 35.0 Å². The van der Waals surface area contributed by atoms with Crippen molar-refractivity contribution in [2.24, 2.45) is 0 Å². The molecule has 0 fully saturated rings. The second-order valence-electron chi connectivity index (χ2n) is 7.26. The molecule has 1 unspecified atom stereocenters. The van der Waals surface area contributed by atoms with Gasteiger partial charge in [-0.1, -0.05) is 47.5 Å². The summed E-state index contributed by atoms with van der Waals surface area (Å²) >= 11 is 14.4. The first-order valence-electron chi connectivity index (χ1n) is 10.3. The molecule has 3 rings (SSSR count). The van der Waals surface area contributed by atoms with Gasteiger partial charge >= 0.3 is 0 Å². The van der Waals surface area contributed by atoms with E-state index in [0.29, 0.717) is 39.5 Å². The van der Waals surface area contributed by atoms with Gasteiger partial charge in [0.1, 0.15) is 0 Å². The monoisotopic (exact) mass is 504 g/mol. The Labute approximate surface area is 208 Å². The molecule has 0 heterocycles. The molecule has 0 saturated heterocycles. The average Bonchev–Trinajstić information content (AvgIpc) is 2.81. The van der Waals surface area contributed by atoms with E-state index in [4.69, 9.17) is 38.4 Å². The van der Waals surface area contributed by atoms with Crippen LogP contribution in [0.15, 0.2) is 60.7 Å². The molecule has 0 saturated carbocycles. The van der Waals surface area contributed by atoms with Crippen LogP contribution in [0.1, 0.15) is 21.9 Å². The van der Waals surface area contributed by atoms with Crippen LogP contribution in [0.25, 0.3) is 0 Å². The Morgan fingerprint density at radius 3 is 2.48 bits per heavy atom. The number of benzene rings is 3. The van der Waals surface area contributed by atoms with Crippen LogP contribution < -0.4 is 20.5 Å². The van der Waals surface area contributed by atoms with Crippen molar-refractivity contribution < 1.29 is 14.3 Å². The van der Waals surface area contributed by atoms with Crippen molar-refractivity contribution in [1.29, 1.82) is 0 Å². The SMILES string of the molecule is COc1ccc(CC(=O)NCCSC(c2cc(Cl)ccc2N)c2ccccc2Cl)cc1OC. The molecular weight excluding hydrogens is 479 g/mol. The third-order valence-electron chi connectivity index (χ3n) is 5.04. The molecule has 0 spiro atoms. The maximum Gasteiger partial charge on any atom is 0.224 e. The minimum Gasteiger partial charge on any atom is -0.493 e. The van der Waals surface area contributed by atoms with Crippen LogP contribution in [0, 0.1) is 0 Å². The molecule has 0 aliphatic carbocycles. The molecule has 1 amide bonds. The Kier molecular flexibility index (Phi) is 9.18. The number of carbonyl (C=O) groups excluding carboxylic acids is 1. The van der Waals surface area contributed by atoms with Crippen molar-refractivity contribution in [2.45, 2.75) is 11.7 Å². The number of ether oxygens (including phenoxy) is 2. The van der Waals surface area contributed by atoms with Crippen LogP contribution in [0.4, 0.5) is 5.69 Å². The summed E-state index contributed by atoms with van der Waals surface area (Å²) in [7, 11) is 3.15. The third-order valence-corrected chi connectivity index (χ3v) is 6.90. The molecule has 0 aliphatic heterocycles. The minimum atomic E-state index is -0.111. The van der Waals surface area contributed by atoms with Crippen LogP contribution in [0.3, 0.4) is 0 Å². The highest BCUT2D eigenvalue weighted by Crippen LogP contribution is 2.42. The summed E-state index contributed by atoms with van der Waals surface area (Å²) in [5.41, 5.74) is 9.60. The highest BCUT2D eigenvalue weighted by Gasteiger charge is 2.20. The molecule has 33 heavy (non-hydrogen) atoms. The number of halogens is 2. The summed E-state index contributed by atoms with van der Waals surface area (Å²) in [6.45, 7) is 0.498. The van der Waals surface area contributed by atoms with Crippen molar-refractivity contribution >= 4 is 46.6 Å². The van der Waals surface area contributed by atoms with Gasteiger partial charge in [0.2, 0.25) is 5.91 Å². The van der Waals surface area contributed by atoms with Gasteiger partial charge in [0, 0.05) is 28.0 Å². The van der Waals surface area contributed by atoms with Gasteiger partial charge in [-0.3, -0.25) is 4.79 Å². The fraction of sp³-hybridized carbons (Fsp3) is 0.240. The van der Waals surface area contributed by atoms with E-state index in [9.17, 15) is 4.79 Å². The predicted molar refractivity (Wildman–Crippen MR) is 138 cm³/mol. The molecule has 3 N–H and O–H groups in total. The number of nitrogens with one attached hydrogen (secondary N) is 1. The van der Waals surface area contributed by atoms with E-state index in [1.807, 2.05) is 42.5 Å². The Balaban J connectivity index is 1.63. The summed E-state index contributed by atoms with van der Waals surface area (Å²) in [6, 6.07) is 18.6. The zero-order valence-corrected chi connectivity index (χ0v) is 20.8. The first kappa shape index (κ1) is 25.1. The van der Waals surface area contributed by atoms with Gasteiger partial charge in [0.25, 0.3) is 0 Å².